The Labute approximate surface area is 139 Å². The van der Waals surface area contributed by atoms with Gasteiger partial charge in [-0.15, -0.1) is 0 Å². The molecule has 1 N–H and O–H groups in total. The lowest BCUT2D eigenvalue weighted by Gasteiger charge is -2.09. The summed E-state index contributed by atoms with van der Waals surface area (Å²) < 4.78 is 0. The number of aryl methyl sites for hydroxylation is 1. The highest BCUT2D eigenvalue weighted by atomic mass is 16.6. The SMILES string of the molecule is O=C(CCc1ccccc1)Nc1ccc([N+](=O)[O-])c2ccccc12. The van der Waals surface area contributed by atoms with Gasteiger partial charge in [0.1, 0.15) is 0 Å². The largest absolute Gasteiger partial charge is 0.325 e. The second-order valence-corrected chi connectivity index (χ2v) is 5.47. The van der Waals surface area contributed by atoms with Crippen molar-refractivity contribution in [2.24, 2.45) is 0 Å². The van der Waals surface area contributed by atoms with Crippen LogP contribution in [0.1, 0.15) is 12.0 Å². The molecule has 3 aromatic rings. The van der Waals surface area contributed by atoms with Gasteiger partial charge in [-0.1, -0.05) is 48.5 Å². The molecule has 0 heterocycles. The lowest BCUT2D eigenvalue weighted by Crippen LogP contribution is -2.12. The number of nitro groups is 1. The van der Waals surface area contributed by atoms with Crippen LogP contribution in [0, 0.1) is 10.1 Å². The van der Waals surface area contributed by atoms with Crippen molar-refractivity contribution in [3.05, 3.63) is 82.4 Å². The first kappa shape index (κ1) is 15.7. The third-order valence-electron chi connectivity index (χ3n) is 3.86. The van der Waals surface area contributed by atoms with Gasteiger partial charge in [-0.3, -0.25) is 14.9 Å². The van der Waals surface area contributed by atoms with E-state index in [-0.39, 0.29) is 11.6 Å². The van der Waals surface area contributed by atoms with Crippen LogP contribution >= 0.6 is 0 Å². The summed E-state index contributed by atoms with van der Waals surface area (Å²) >= 11 is 0. The fourth-order valence-electron chi connectivity index (χ4n) is 2.67. The van der Waals surface area contributed by atoms with Gasteiger partial charge in [0.2, 0.25) is 5.91 Å². The highest BCUT2D eigenvalue weighted by Crippen LogP contribution is 2.31. The Bertz CT molecular complexity index is 892. The van der Waals surface area contributed by atoms with Crippen molar-refractivity contribution in [2.75, 3.05) is 5.32 Å². The molecule has 0 saturated carbocycles. The summed E-state index contributed by atoms with van der Waals surface area (Å²) in [5.41, 5.74) is 1.73. The predicted molar refractivity (Wildman–Crippen MR) is 94.0 cm³/mol. The molecule has 0 atom stereocenters. The summed E-state index contributed by atoms with van der Waals surface area (Å²) in [7, 11) is 0. The fourth-order valence-corrected chi connectivity index (χ4v) is 2.67. The lowest BCUT2D eigenvalue weighted by atomic mass is 10.1. The molecular weight excluding hydrogens is 304 g/mol. The van der Waals surface area contributed by atoms with Crippen LogP contribution in [0.25, 0.3) is 10.8 Å². The van der Waals surface area contributed by atoms with Crippen LogP contribution in [0.3, 0.4) is 0 Å². The highest BCUT2D eigenvalue weighted by molar-refractivity contribution is 6.05. The van der Waals surface area contributed by atoms with Crippen LogP contribution in [-0.2, 0) is 11.2 Å². The Morgan fingerprint density at radius 2 is 1.58 bits per heavy atom. The number of non-ortho nitro benzene ring substituents is 1. The topological polar surface area (TPSA) is 72.2 Å². The number of anilines is 1. The number of rotatable bonds is 5. The number of carbonyl (C=O) groups is 1. The minimum atomic E-state index is -0.413. The Kier molecular flexibility index (Phi) is 4.52. The van der Waals surface area contributed by atoms with Crippen molar-refractivity contribution in [1.82, 2.24) is 0 Å². The van der Waals surface area contributed by atoms with E-state index in [2.05, 4.69) is 5.32 Å². The van der Waals surface area contributed by atoms with Crippen LogP contribution in [0.5, 0.6) is 0 Å². The number of nitrogens with zero attached hydrogens (tertiary/aromatic N) is 1. The van der Waals surface area contributed by atoms with Gasteiger partial charge in [-0.2, -0.15) is 0 Å². The molecule has 0 unspecified atom stereocenters. The summed E-state index contributed by atoms with van der Waals surface area (Å²) in [6.07, 6.45) is 1.01. The number of hydrogen-bond acceptors (Lipinski definition) is 3. The average Bonchev–Trinajstić information content (AvgIpc) is 2.61. The number of benzene rings is 3. The lowest BCUT2D eigenvalue weighted by molar-refractivity contribution is -0.383. The van der Waals surface area contributed by atoms with Gasteiger partial charge in [0.25, 0.3) is 5.69 Å². The van der Waals surface area contributed by atoms with E-state index < -0.39 is 4.92 Å². The van der Waals surface area contributed by atoms with Gasteiger partial charge in [-0.05, 0) is 24.1 Å². The standard InChI is InChI=1S/C19H16N2O3/c22-19(13-10-14-6-2-1-3-7-14)20-17-11-12-18(21(23)24)16-9-5-4-8-15(16)17/h1-9,11-12H,10,13H2,(H,20,22). The Morgan fingerprint density at radius 1 is 0.917 bits per heavy atom. The van der Waals surface area contributed by atoms with Crippen LogP contribution in [0.4, 0.5) is 11.4 Å². The molecule has 0 aromatic heterocycles. The van der Waals surface area contributed by atoms with Crippen molar-refractivity contribution < 1.29 is 9.72 Å². The zero-order valence-electron chi connectivity index (χ0n) is 12.9. The zero-order chi connectivity index (χ0) is 16.9. The molecule has 5 nitrogen and oxygen atoms in total. The van der Waals surface area contributed by atoms with E-state index in [1.807, 2.05) is 30.3 Å². The third-order valence-corrected chi connectivity index (χ3v) is 3.86. The summed E-state index contributed by atoms with van der Waals surface area (Å²) in [5, 5.41) is 15.2. The van der Waals surface area contributed by atoms with Crippen LogP contribution in [-0.4, -0.2) is 10.8 Å². The second-order valence-electron chi connectivity index (χ2n) is 5.47. The molecule has 0 aliphatic carbocycles. The fraction of sp³-hybridized carbons (Fsp3) is 0.105. The van der Waals surface area contributed by atoms with E-state index in [4.69, 9.17) is 0 Å². The molecule has 0 aliphatic rings. The first-order valence-corrected chi connectivity index (χ1v) is 7.65. The summed E-state index contributed by atoms with van der Waals surface area (Å²) in [5.74, 6) is -0.113. The molecule has 0 bridgehead atoms. The molecule has 24 heavy (non-hydrogen) atoms. The maximum atomic E-state index is 12.2. The summed E-state index contributed by atoms with van der Waals surface area (Å²) in [6, 6.07) is 19.8. The summed E-state index contributed by atoms with van der Waals surface area (Å²) in [6.45, 7) is 0. The Balaban J connectivity index is 1.79. The first-order chi connectivity index (χ1) is 11.6. The van der Waals surface area contributed by atoms with E-state index in [1.165, 1.54) is 6.07 Å². The molecule has 0 spiro atoms. The highest BCUT2D eigenvalue weighted by Gasteiger charge is 2.14. The number of nitrogens with one attached hydrogen (secondary N) is 1. The van der Waals surface area contributed by atoms with E-state index in [9.17, 15) is 14.9 Å². The molecule has 3 rings (SSSR count). The number of carbonyl (C=O) groups excluding carboxylic acids is 1. The smallest absolute Gasteiger partial charge is 0.277 e. The number of amides is 1. The summed E-state index contributed by atoms with van der Waals surface area (Å²) in [4.78, 5) is 22.9. The molecule has 120 valence electrons. The van der Waals surface area contributed by atoms with Gasteiger partial charge in [0, 0.05) is 23.6 Å². The number of nitro benzene ring substituents is 1. The van der Waals surface area contributed by atoms with E-state index in [0.29, 0.717) is 29.3 Å². The van der Waals surface area contributed by atoms with E-state index in [0.717, 1.165) is 5.56 Å². The van der Waals surface area contributed by atoms with Gasteiger partial charge in [0.05, 0.1) is 10.3 Å². The van der Waals surface area contributed by atoms with Gasteiger partial charge in [-0.25, -0.2) is 0 Å². The van der Waals surface area contributed by atoms with Gasteiger partial charge < -0.3 is 5.32 Å². The van der Waals surface area contributed by atoms with E-state index >= 15 is 0 Å². The molecule has 0 aliphatic heterocycles. The van der Waals surface area contributed by atoms with Gasteiger partial charge in [0.15, 0.2) is 0 Å². The predicted octanol–water partition coefficient (Wildman–Crippen LogP) is 4.32. The second kappa shape index (κ2) is 6.91. The Hall–Kier alpha value is -3.21. The molecule has 0 saturated heterocycles. The van der Waals surface area contributed by atoms with Crippen molar-refractivity contribution in [1.29, 1.82) is 0 Å². The minimum absolute atomic E-state index is 0.0351. The van der Waals surface area contributed by atoms with Crippen molar-refractivity contribution in [2.45, 2.75) is 12.8 Å². The van der Waals surface area contributed by atoms with Crippen molar-refractivity contribution in [3.63, 3.8) is 0 Å². The van der Waals surface area contributed by atoms with Crippen molar-refractivity contribution >= 4 is 28.1 Å². The average molecular weight is 320 g/mol. The van der Waals surface area contributed by atoms with Gasteiger partial charge >= 0.3 is 0 Å². The monoisotopic (exact) mass is 320 g/mol. The van der Waals surface area contributed by atoms with Crippen LogP contribution < -0.4 is 5.32 Å². The zero-order valence-corrected chi connectivity index (χ0v) is 12.9. The molecule has 5 heteroatoms. The first-order valence-electron chi connectivity index (χ1n) is 7.65. The number of fused-ring (bicyclic) bond motifs is 1. The quantitative estimate of drug-likeness (QED) is 0.562. The third kappa shape index (κ3) is 3.41. The van der Waals surface area contributed by atoms with E-state index in [1.54, 1.807) is 30.3 Å². The van der Waals surface area contributed by atoms with Crippen molar-refractivity contribution in [3.8, 4) is 0 Å². The molecule has 1 amide bonds. The van der Waals surface area contributed by atoms with Crippen LogP contribution in [0.15, 0.2) is 66.7 Å². The maximum Gasteiger partial charge on any atom is 0.277 e. The molecule has 0 fully saturated rings. The van der Waals surface area contributed by atoms with Crippen LogP contribution in [0.2, 0.25) is 0 Å². The minimum Gasteiger partial charge on any atom is -0.325 e. The normalized spacial score (nSPS) is 10.5. The molecular formula is C19H16N2O3. The maximum absolute atomic E-state index is 12.2. The number of hydrogen-bond donors (Lipinski definition) is 1. The molecule has 3 aromatic carbocycles. The molecule has 0 radical (unpaired) electrons. The Morgan fingerprint density at radius 3 is 2.29 bits per heavy atom.